The molecule has 0 bridgehead atoms. The van der Waals surface area contributed by atoms with Gasteiger partial charge in [0.15, 0.2) is 17.5 Å². The lowest BCUT2D eigenvalue weighted by Gasteiger charge is -2.36. The lowest BCUT2D eigenvalue weighted by Crippen LogP contribution is -2.53. The van der Waals surface area contributed by atoms with Gasteiger partial charge in [0.2, 0.25) is 15.9 Å². The summed E-state index contributed by atoms with van der Waals surface area (Å²) < 4.78 is 66.9. The molecular formula is C19H19ClF3N3O3S. The Bertz CT molecular complexity index is 1060. The third kappa shape index (κ3) is 4.61. The Morgan fingerprint density at radius 3 is 2.37 bits per heavy atom. The summed E-state index contributed by atoms with van der Waals surface area (Å²) in [6, 6.07) is 6.87. The van der Waals surface area contributed by atoms with Gasteiger partial charge in [0, 0.05) is 31.2 Å². The van der Waals surface area contributed by atoms with Gasteiger partial charge in [0.05, 0.1) is 16.6 Å². The number of anilines is 1. The van der Waals surface area contributed by atoms with Gasteiger partial charge in [-0.25, -0.2) is 21.6 Å². The molecule has 1 aliphatic rings. The van der Waals surface area contributed by atoms with Gasteiger partial charge in [0.1, 0.15) is 0 Å². The smallest absolute Gasteiger partial charge is 0.243 e. The molecule has 1 unspecified atom stereocenters. The Kier molecular flexibility index (Phi) is 6.71. The molecular weight excluding hydrogens is 443 g/mol. The summed E-state index contributed by atoms with van der Waals surface area (Å²) in [7, 11) is -3.72. The average Bonchev–Trinajstić information content (AvgIpc) is 2.73. The SMILES string of the molecule is CC(C(=O)Nc1ccc(F)c(F)c1F)N1CCN(S(=O)(=O)c2cccc(Cl)c2)CC1. The third-order valence-corrected chi connectivity index (χ3v) is 7.06. The molecule has 6 nitrogen and oxygen atoms in total. The summed E-state index contributed by atoms with van der Waals surface area (Å²) in [4.78, 5) is 14.2. The van der Waals surface area contributed by atoms with Gasteiger partial charge < -0.3 is 5.32 Å². The molecule has 0 saturated carbocycles. The number of benzene rings is 2. The summed E-state index contributed by atoms with van der Waals surface area (Å²) in [5.41, 5.74) is -0.465. The second-order valence-electron chi connectivity index (χ2n) is 6.79. The van der Waals surface area contributed by atoms with E-state index in [1.807, 2.05) is 0 Å². The van der Waals surface area contributed by atoms with Crippen molar-refractivity contribution in [2.75, 3.05) is 31.5 Å². The van der Waals surface area contributed by atoms with Crippen LogP contribution in [0.25, 0.3) is 0 Å². The zero-order valence-electron chi connectivity index (χ0n) is 15.9. The lowest BCUT2D eigenvalue weighted by atomic mass is 10.2. The highest BCUT2D eigenvalue weighted by Gasteiger charge is 2.32. The van der Waals surface area contributed by atoms with E-state index < -0.39 is 45.1 Å². The third-order valence-electron chi connectivity index (χ3n) is 4.93. The highest BCUT2D eigenvalue weighted by molar-refractivity contribution is 7.89. The first-order chi connectivity index (χ1) is 14.1. The van der Waals surface area contributed by atoms with Gasteiger partial charge in [0.25, 0.3) is 0 Å². The Hall–Kier alpha value is -2.14. The highest BCUT2D eigenvalue weighted by Crippen LogP contribution is 2.23. The first-order valence-electron chi connectivity index (χ1n) is 9.05. The first-order valence-corrected chi connectivity index (χ1v) is 10.9. The summed E-state index contributed by atoms with van der Waals surface area (Å²) in [5, 5.41) is 2.55. The molecule has 1 fully saturated rings. The maximum atomic E-state index is 13.8. The number of hydrogen-bond donors (Lipinski definition) is 1. The minimum atomic E-state index is -3.72. The molecule has 0 aliphatic carbocycles. The molecule has 2 aromatic carbocycles. The molecule has 162 valence electrons. The van der Waals surface area contributed by atoms with E-state index in [0.29, 0.717) is 5.02 Å². The quantitative estimate of drug-likeness (QED) is 0.695. The minimum Gasteiger partial charge on any atom is -0.322 e. The number of halogens is 4. The van der Waals surface area contributed by atoms with E-state index in [9.17, 15) is 26.4 Å². The molecule has 1 amide bonds. The second-order valence-corrected chi connectivity index (χ2v) is 9.16. The minimum absolute atomic E-state index is 0.0862. The molecule has 0 aromatic heterocycles. The van der Waals surface area contributed by atoms with Gasteiger partial charge in [-0.3, -0.25) is 9.69 Å². The fourth-order valence-electron chi connectivity index (χ4n) is 3.13. The number of nitrogens with zero attached hydrogens (tertiary/aromatic N) is 2. The number of amides is 1. The number of sulfonamides is 1. The summed E-state index contributed by atoms with van der Waals surface area (Å²) in [6.07, 6.45) is 0. The van der Waals surface area contributed by atoms with Crippen molar-refractivity contribution in [1.82, 2.24) is 9.21 Å². The van der Waals surface area contributed by atoms with Crippen LogP contribution in [0.5, 0.6) is 0 Å². The van der Waals surface area contributed by atoms with Crippen LogP contribution in [-0.2, 0) is 14.8 Å². The van der Waals surface area contributed by atoms with Crippen LogP contribution in [0.1, 0.15) is 6.92 Å². The fourth-order valence-corrected chi connectivity index (χ4v) is 4.86. The number of nitrogens with one attached hydrogen (secondary N) is 1. The molecule has 1 heterocycles. The lowest BCUT2D eigenvalue weighted by molar-refractivity contribution is -0.121. The summed E-state index contributed by atoms with van der Waals surface area (Å²) in [5.74, 6) is -5.12. The van der Waals surface area contributed by atoms with E-state index in [2.05, 4.69) is 5.32 Å². The Balaban J connectivity index is 1.63. The number of hydrogen-bond acceptors (Lipinski definition) is 4. The van der Waals surface area contributed by atoms with Crippen molar-refractivity contribution in [2.45, 2.75) is 17.9 Å². The topological polar surface area (TPSA) is 69.7 Å². The maximum absolute atomic E-state index is 13.8. The number of rotatable bonds is 5. The maximum Gasteiger partial charge on any atom is 0.243 e. The molecule has 11 heteroatoms. The van der Waals surface area contributed by atoms with Crippen molar-refractivity contribution in [3.63, 3.8) is 0 Å². The van der Waals surface area contributed by atoms with Crippen molar-refractivity contribution in [2.24, 2.45) is 0 Å². The van der Waals surface area contributed by atoms with Crippen molar-refractivity contribution in [1.29, 1.82) is 0 Å². The molecule has 1 N–H and O–H groups in total. The van der Waals surface area contributed by atoms with E-state index in [1.54, 1.807) is 24.0 Å². The molecule has 1 aliphatic heterocycles. The molecule has 1 saturated heterocycles. The molecule has 2 aromatic rings. The molecule has 0 spiro atoms. The van der Waals surface area contributed by atoms with Crippen molar-refractivity contribution in [3.8, 4) is 0 Å². The Labute approximate surface area is 177 Å². The standard InChI is InChI=1S/C19H19ClF3N3O3S/c1-12(19(27)24-16-6-5-15(21)17(22)18(16)23)25-7-9-26(10-8-25)30(28,29)14-4-2-3-13(20)11-14/h2-6,11-12H,7-10H2,1H3,(H,24,27). The monoisotopic (exact) mass is 461 g/mol. The Morgan fingerprint density at radius 2 is 1.73 bits per heavy atom. The van der Waals surface area contributed by atoms with Gasteiger partial charge in [-0.15, -0.1) is 0 Å². The predicted octanol–water partition coefficient (Wildman–Crippen LogP) is 3.09. The van der Waals surface area contributed by atoms with Crippen LogP contribution in [0.3, 0.4) is 0 Å². The summed E-state index contributed by atoms with van der Waals surface area (Å²) >= 11 is 5.88. The molecule has 1 atom stereocenters. The van der Waals surface area contributed by atoms with Crippen LogP contribution in [0, 0.1) is 17.5 Å². The second kappa shape index (κ2) is 8.93. The van der Waals surface area contributed by atoms with Gasteiger partial charge in [-0.2, -0.15) is 4.31 Å². The van der Waals surface area contributed by atoms with Crippen LogP contribution in [0.4, 0.5) is 18.9 Å². The molecule has 0 radical (unpaired) electrons. The van der Waals surface area contributed by atoms with Gasteiger partial charge in [-0.05, 0) is 37.3 Å². The highest BCUT2D eigenvalue weighted by atomic mass is 35.5. The zero-order chi connectivity index (χ0) is 22.1. The molecule has 30 heavy (non-hydrogen) atoms. The molecule has 3 rings (SSSR count). The van der Waals surface area contributed by atoms with Crippen LogP contribution in [0.2, 0.25) is 5.02 Å². The van der Waals surface area contributed by atoms with Crippen LogP contribution >= 0.6 is 11.6 Å². The van der Waals surface area contributed by atoms with Crippen molar-refractivity contribution < 1.29 is 26.4 Å². The van der Waals surface area contributed by atoms with Gasteiger partial charge >= 0.3 is 0 Å². The first kappa shape index (κ1) is 22.5. The largest absolute Gasteiger partial charge is 0.322 e. The summed E-state index contributed by atoms with van der Waals surface area (Å²) in [6.45, 7) is 2.37. The van der Waals surface area contributed by atoms with Crippen LogP contribution in [0.15, 0.2) is 41.3 Å². The van der Waals surface area contributed by atoms with E-state index in [-0.39, 0.29) is 31.1 Å². The van der Waals surface area contributed by atoms with E-state index in [1.165, 1.54) is 16.4 Å². The number of carbonyl (C=O) groups excluding carboxylic acids is 1. The average molecular weight is 462 g/mol. The zero-order valence-corrected chi connectivity index (χ0v) is 17.5. The van der Waals surface area contributed by atoms with E-state index in [0.717, 1.165) is 12.1 Å². The van der Waals surface area contributed by atoms with Crippen LogP contribution in [-0.4, -0.2) is 55.8 Å². The fraction of sp³-hybridized carbons (Fsp3) is 0.316. The Morgan fingerprint density at radius 1 is 1.07 bits per heavy atom. The van der Waals surface area contributed by atoms with Crippen molar-refractivity contribution in [3.05, 3.63) is 58.9 Å². The van der Waals surface area contributed by atoms with Gasteiger partial charge in [-0.1, -0.05) is 17.7 Å². The predicted molar refractivity (Wildman–Crippen MR) is 106 cm³/mol. The van der Waals surface area contributed by atoms with Crippen molar-refractivity contribution >= 4 is 33.2 Å². The normalized spacial score (nSPS) is 17.0. The van der Waals surface area contributed by atoms with E-state index in [4.69, 9.17) is 11.6 Å². The number of carbonyl (C=O) groups is 1. The van der Waals surface area contributed by atoms with E-state index >= 15 is 0 Å². The number of piperazine rings is 1. The van der Waals surface area contributed by atoms with Crippen LogP contribution < -0.4 is 5.32 Å².